The van der Waals surface area contributed by atoms with Gasteiger partial charge in [0.2, 0.25) is 0 Å². The molecule has 0 bridgehead atoms. The van der Waals surface area contributed by atoms with Crippen molar-refractivity contribution in [3.63, 3.8) is 0 Å². The average Bonchev–Trinajstić information content (AvgIpc) is 4.27. The standard InChI is InChI=1S/C7H14FN.C6H12FN.C6H14N2.C6H13N.2C5H10FN.2C5H11NO.C5H11N.C4H8FN.C4H9NO.C4H9N/c1-7(8)3-5-9(2)6-4-7;1-6(7)3-4-8(2)5-6;1-7-3-5-8(2)6-4-7;1-7-5-3-2-4-6-7;1-5(6)3-7(2)4-5;1-7-3-2-5(6)4-7;1-5(7)3-6(2)4-5;1-6-3-2-5(7)4-6;1-6-4-2-3-5-6;1-6-2-4(5)3-6;1-5-2-4(6)3-5;1-5-3-2-4-5/h3-6H2,1-2H3;3-5H2,1-2H3;3-6H2,1-2H3;2-6H2,1H3;3-4H2,1-2H3;5H,2-4H2,1H3;7H,3-4H2,1-2H3;5,7H,2-4H2,1H3;2-5H2,1H3;4H,2-3H2,1H3;4,6H,2-3H2,1H3;2-4H2,1H3. The molecular weight excluding hydrogens is 1070 g/mol. The number of likely N-dealkylation sites (N-methyl/N-ethyl adjacent to an activating group) is 5. The second kappa shape index (κ2) is 42.1. The lowest BCUT2D eigenvalue weighted by Crippen LogP contribution is -2.57. The summed E-state index contributed by atoms with van der Waals surface area (Å²) < 4.78 is 62.1. The summed E-state index contributed by atoms with van der Waals surface area (Å²) in [6, 6.07) is 0. The Balaban J connectivity index is 0.000000454. The Labute approximate surface area is 506 Å². The minimum absolute atomic E-state index is 0.0324. The van der Waals surface area contributed by atoms with Crippen LogP contribution in [0.2, 0.25) is 0 Å². The van der Waals surface area contributed by atoms with E-state index >= 15 is 0 Å². The van der Waals surface area contributed by atoms with Gasteiger partial charge >= 0.3 is 0 Å². The number of rotatable bonds is 0. The first-order valence-corrected chi connectivity index (χ1v) is 31.9. The molecular formula is C62H132F5N13O3. The van der Waals surface area contributed by atoms with E-state index in [0.717, 1.165) is 78.3 Å². The van der Waals surface area contributed by atoms with Crippen molar-refractivity contribution < 1.29 is 37.3 Å². The summed E-state index contributed by atoms with van der Waals surface area (Å²) in [6.07, 6.45) is 11.1. The molecule has 0 aromatic heterocycles. The van der Waals surface area contributed by atoms with Gasteiger partial charge < -0.3 is 74.1 Å². The Hall–Kier alpha value is -0.990. The van der Waals surface area contributed by atoms with Gasteiger partial charge in [-0.15, -0.1) is 0 Å². The summed E-state index contributed by atoms with van der Waals surface area (Å²) in [5.41, 5.74) is -3.05. The SMILES string of the molecule is CN1CC(C)(F)C1.CN1CC(C)(O)C1.CN1CC(F)C1.CN1CC(O)C1.CN1CCC(C)(F)C1.CN1CCC(C)(F)CC1.CN1CCC(F)C1.CN1CCC(O)C1.CN1CCC1.CN1CCCC1.CN1CCCCC1.CN1CCN(C)CC1. The van der Waals surface area contributed by atoms with Crippen molar-refractivity contribution in [3.8, 4) is 0 Å². The molecule has 0 aromatic carbocycles. The fourth-order valence-electron chi connectivity index (χ4n) is 10.8. The molecule has 0 aromatic rings. The Morgan fingerprint density at radius 3 is 0.735 bits per heavy atom. The number of piperidine rings is 2. The maximum absolute atomic E-state index is 13.0. The monoisotopic (exact) mass is 1200 g/mol. The summed E-state index contributed by atoms with van der Waals surface area (Å²) in [4.78, 5) is 28.2. The molecule has 12 rings (SSSR count). The first-order valence-electron chi connectivity index (χ1n) is 31.9. The van der Waals surface area contributed by atoms with Gasteiger partial charge in [0, 0.05) is 131 Å². The number of aliphatic hydroxyl groups excluding tert-OH is 2. The summed E-state index contributed by atoms with van der Waals surface area (Å²) in [7, 11) is 26.6. The topological polar surface area (TPSA) is 103 Å². The van der Waals surface area contributed by atoms with E-state index in [0.29, 0.717) is 58.5 Å². The highest BCUT2D eigenvalue weighted by Gasteiger charge is 2.36. The Kier molecular flexibility index (Phi) is 40.6. The van der Waals surface area contributed by atoms with Crippen molar-refractivity contribution in [1.82, 2.24) is 63.7 Å². The number of aliphatic hydroxyl groups is 3. The van der Waals surface area contributed by atoms with Gasteiger partial charge in [-0.3, -0.25) is 4.90 Å². The summed E-state index contributed by atoms with van der Waals surface area (Å²) in [5.74, 6) is 0. The molecule has 21 heteroatoms. The van der Waals surface area contributed by atoms with Crippen LogP contribution in [-0.4, -0.2) is 388 Å². The lowest BCUT2D eigenvalue weighted by atomic mass is 9.96. The maximum atomic E-state index is 13.0. The van der Waals surface area contributed by atoms with Crippen LogP contribution in [0.4, 0.5) is 22.0 Å². The van der Waals surface area contributed by atoms with Gasteiger partial charge in [0.25, 0.3) is 0 Å². The number of hydrogen-bond donors (Lipinski definition) is 3. The molecule has 83 heavy (non-hydrogen) atoms. The van der Waals surface area contributed by atoms with Gasteiger partial charge in [-0.25, -0.2) is 22.0 Å². The zero-order valence-electron chi connectivity index (χ0n) is 56.5. The van der Waals surface area contributed by atoms with Crippen molar-refractivity contribution in [2.75, 3.05) is 262 Å². The first kappa shape index (κ1) is 80.0. The molecule has 16 nitrogen and oxygen atoms in total. The van der Waals surface area contributed by atoms with E-state index < -0.39 is 29.3 Å². The zero-order valence-corrected chi connectivity index (χ0v) is 56.5. The van der Waals surface area contributed by atoms with E-state index in [2.05, 4.69) is 79.3 Å². The number of likely N-dealkylation sites (tertiary alicyclic amines) is 11. The van der Waals surface area contributed by atoms with Crippen molar-refractivity contribution >= 4 is 0 Å². The van der Waals surface area contributed by atoms with Crippen molar-refractivity contribution in [2.24, 2.45) is 0 Å². The third-order valence-electron chi connectivity index (χ3n) is 16.5. The highest BCUT2D eigenvalue weighted by atomic mass is 19.2. The van der Waals surface area contributed by atoms with E-state index in [1.54, 1.807) is 20.8 Å². The van der Waals surface area contributed by atoms with Crippen LogP contribution in [0.1, 0.15) is 98.3 Å². The first-order chi connectivity index (χ1) is 38.5. The highest BCUT2D eigenvalue weighted by molar-refractivity contribution is 4.90. The smallest absolute Gasteiger partial charge is 0.133 e. The van der Waals surface area contributed by atoms with Gasteiger partial charge in [-0.2, -0.15) is 0 Å². The van der Waals surface area contributed by atoms with E-state index in [4.69, 9.17) is 15.3 Å². The quantitative estimate of drug-likeness (QED) is 0.291. The normalized spacial score (nSPS) is 29.7. The molecule has 3 N–H and O–H groups in total. The van der Waals surface area contributed by atoms with Crippen molar-refractivity contribution in [1.29, 1.82) is 0 Å². The molecule has 12 aliphatic rings. The molecule has 3 unspecified atom stereocenters. The van der Waals surface area contributed by atoms with E-state index in [-0.39, 0.29) is 17.8 Å². The molecule has 12 saturated heterocycles. The Bertz CT molecular complexity index is 1440. The predicted octanol–water partition coefficient (Wildman–Crippen LogP) is 4.74. The van der Waals surface area contributed by atoms with Crippen LogP contribution in [0.25, 0.3) is 0 Å². The van der Waals surface area contributed by atoms with Gasteiger partial charge in [0.15, 0.2) is 0 Å². The van der Waals surface area contributed by atoms with Crippen LogP contribution in [0.5, 0.6) is 0 Å². The molecule has 0 amide bonds. The van der Waals surface area contributed by atoms with Gasteiger partial charge in [0.05, 0.1) is 17.8 Å². The molecule has 0 radical (unpaired) electrons. The van der Waals surface area contributed by atoms with E-state index in [1.165, 1.54) is 104 Å². The fraction of sp³-hybridized carbons (Fsp3) is 1.00. The second-order valence-electron chi connectivity index (χ2n) is 28.1. The van der Waals surface area contributed by atoms with E-state index in [1.807, 2.05) is 82.9 Å². The van der Waals surface area contributed by atoms with Crippen LogP contribution in [0.3, 0.4) is 0 Å². The number of alkyl halides is 5. The van der Waals surface area contributed by atoms with Crippen LogP contribution in [-0.2, 0) is 0 Å². The Morgan fingerprint density at radius 1 is 0.289 bits per heavy atom. The predicted molar refractivity (Wildman–Crippen MR) is 339 cm³/mol. The minimum atomic E-state index is -0.908. The third kappa shape index (κ3) is 44.2. The zero-order chi connectivity index (χ0) is 63.0. The Morgan fingerprint density at radius 2 is 0.614 bits per heavy atom. The fourth-order valence-corrected chi connectivity index (χ4v) is 10.8. The highest BCUT2D eigenvalue weighted by Crippen LogP contribution is 2.25. The largest absolute Gasteiger partial charge is 0.392 e. The van der Waals surface area contributed by atoms with Gasteiger partial charge in [0.1, 0.15) is 29.3 Å². The number of β-amino-alcohol motifs (C(OH)–C–C–N with tert-alkyl or cyclic N) is 3. The summed E-state index contributed by atoms with van der Waals surface area (Å²) >= 11 is 0. The maximum Gasteiger partial charge on any atom is 0.133 e. The molecule has 498 valence electrons. The molecule has 0 spiro atoms. The third-order valence-corrected chi connectivity index (χ3v) is 16.5. The van der Waals surface area contributed by atoms with Crippen LogP contribution >= 0.6 is 0 Å². The average molecular weight is 1200 g/mol. The molecule has 0 saturated carbocycles. The molecule has 12 aliphatic heterocycles. The minimum Gasteiger partial charge on any atom is -0.392 e. The second-order valence-corrected chi connectivity index (χ2v) is 28.1. The lowest BCUT2D eigenvalue weighted by molar-refractivity contribution is -0.0706. The van der Waals surface area contributed by atoms with Gasteiger partial charge in [-0.05, 0) is 223 Å². The number of hydrogen-bond acceptors (Lipinski definition) is 16. The van der Waals surface area contributed by atoms with Crippen molar-refractivity contribution in [2.45, 2.75) is 145 Å². The molecule has 12 fully saturated rings. The van der Waals surface area contributed by atoms with E-state index in [9.17, 15) is 22.0 Å². The van der Waals surface area contributed by atoms with Crippen LogP contribution in [0.15, 0.2) is 0 Å². The molecule has 0 aliphatic carbocycles. The van der Waals surface area contributed by atoms with Crippen LogP contribution < -0.4 is 0 Å². The number of halogens is 5. The summed E-state index contributed by atoms with van der Waals surface area (Å²) in [6.45, 7) is 32.4. The van der Waals surface area contributed by atoms with Crippen LogP contribution in [0, 0.1) is 0 Å². The summed E-state index contributed by atoms with van der Waals surface area (Å²) in [5, 5.41) is 26.5. The molecule has 3 atom stereocenters. The van der Waals surface area contributed by atoms with Gasteiger partial charge in [-0.1, -0.05) is 6.42 Å². The van der Waals surface area contributed by atoms with Crippen molar-refractivity contribution in [3.05, 3.63) is 0 Å². The number of piperazine rings is 1. The lowest BCUT2D eigenvalue weighted by Gasteiger charge is -2.41. The number of nitrogens with zero attached hydrogens (tertiary/aromatic N) is 13. The molecule has 12 heterocycles.